The van der Waals surface area contributed by atoms with E-state index in [0.29, 0.717) is 12.1 Å². The average Bonchev–Trinajstić information content (AvgIpc) is 2.20. The smallest absolute Gasteiger partial charge is 0.248 e. The monoisotopic (exact) mass is 224 g/mol. The molecule has 1 rings (SSSR count). The molecule has 1 amide bonds. The molecule has 15 heavy (non-hydrogen) atoms. The van der Waals surface area contributed by atoms with E-state index in [1.54, 1.807) is 17.8 Å². The van der Waals surface area contributed by atoms with Gasteiger partial charge in [-0.2, -0.15) is 11.8 Å². The molecule has 0 atom stereocenters. The van der Waals surface area contributed by atoms with E-state index in [4.69, 9.17) is 11.5 Å². The van der Waals surface area contributed by atoms with Crippen LogP contribution in [0.15, 0.2) is 18.2 Å². The third-order valence-electron chi connectivity index (χ3n) is 2.15. The lowest BCUT2D eigenvalue weighted by atomic mass is 10.1. The van der Waals surface area contributed by atoms with E-state index in [1.165, 1.54) is 5.56 Å². The van der Waals surface area contributed by atoms with Crippen LogP contribution in [0.25, 0.3) is 0 Å². The summed E-state index contributed by atoms with van der Waals surface area (Å²) >= 11 is 1.79. The summed E-state index contributed by atoms with van der Waals surface area (Å²) in [5, 5.41) is 0. The fourth-order valence-corrected chi connectivity index (χ4v) is 2.13. The quantitative estimate of drug-likeness (QED) is 0.740. The molecule has 1 aromatic carbocycles. The standard InChI is InChI=1S/C11H16N2OS/c1-8-6-9(11(13)14)2-3-10(8)7-15-5-4-12/h2-3,6H,4-5,7,12H2,1H3,(H2,13,14). The van der Waals surface area contributed by atoms with Crippen molar-refractivity contribution in [1.29, 1.82) is 0 Å². The number of hydrogen-bond donors (Lipinski definition) is 2. The zero-order valence-corrected chi connectivity index (χ0v) is 9.64. The molecule has 0 aliphatic rings. The predicted octanol–water partition coefficient (Wildman–Crippen LogP) is 1.29. The van der Waals surface area contributed by atoms with Gasteiger partial charge in [0, 0.05) is 23.6 Å². The van der Waals surface area contributed by atoms with Crippen molar-refractivity contribution in [1.82, 2.24) is 0 Å². The SMILES string of the molecule is Cc1cc(C(N)=O)ccc1CSCCN. The topological polar surface area (TPSA) is 69.1 Å². The lowest BCUT2D eigenvalue weighted by Gasteiger charge is -2.06. The van der Waals surface area contributed by atoms with Crippen molar-refractivity contribution in [2.45, 2.75) is 12.7 Å². The first-order chi connectivity index (χ1) is 7.15. The molecule has 0 spiro atoms. The molecule has 3 nitrogen and oxygen atoms in total. The van der Waals surface area contributed by atoms with Crippen molar-refractivity contribution in [2.75, 3.05) is 12.3 Å². The van der Waals surface area contributed by atoms with Gasteiger partial charge in [-0.1, -0.05) is 6.07 Å². The van der Waals surface area contributed by atoms with Crippen molar-refractivity contribution in [3.05, 3.63) is 34.9 Å². The van der Waals surface area contributed by atoms with Crippen LogP contribution in [0, 0.1) is 6.92 Å². The van der Waals surface area contributed by atoms with Gasteiger partial charge in [-0.15, -0.1) is 0 Å². The van der Waals surface area contributed by atoms with Crippen LogP contribution in [0.2, 0.25) is 0 Å². The first-order valence-electron chi connectivity index (χ1n) is 4.82. The summed E-state index contributed by atoms with van der Waals surface area (Å²) in [7, 11) is 0. The minimum absolute atomic E-state index is 0.376. The molecule has 0 saturated heterocycles. The minimum Gasteiger partial charge on any atom is -0.366 e. The number of carbonyl (C=O) groups is 1. The zero-order chi connectivity index (χ0) is 11.3. The second-order valence-corrected chi connectivity index (χ2v) is 4.45. The Balaban J connectivity index is 2.70. The Kier molecular flexibility index (Phi) is 4.65. The lowest BCUT2D eigenvalue weighted by Crippen LogP contribution is -2.11. The highest BCUT2D eigenvalue weighted by Gasteiger charge is 2.03. The molecule has 4 heteroatoms. The molecule has 0 unspecified atom stereocenters. The van der Waals surface area contributed by atoms with Gasteiger partial charge in [-0.05, 0) is 30.2 Å². The van der Waals surface area contributed by atoms with Crippen LogP contribution in [0.4, 0.5) is 0 Å². The Hall–Kier alpha value is -1.000. The molecule has 0 aliphatic carbocycles. The van der Waals surface area contributed by atoms with Crippen LogP contribution >= 0.6 is 11.8 Å². The number of rotatable bonds is 5. The van der Waals surface area contributed by atoms with E-state index in [0.717, 1.165) is 17.1 Å². The van der Waals surface area contributed by atoms with Gasteiger partial charge >= 0.3 is 0 Å². The molecule has 0 radical (unpaired) electrons. The summed E-state index contributed by atoms with van der Waals surface area (Å²) < 4.78 is 0. The van der Waals surface area contributed by atoms with E-state index >= 15 is 0 Å². The number of amides is 1. The Labute approximate surface area is 94.2 Å². The Bertz CT molecular complexity index is 352. The summed E-state index contributed by atoms with van der Waals surface area (Å²) in [5.41, 5.74) is 13.5. The second kappa shape index (κ2) is 5.78. The van der Waals surface area contributed by atoms with Crippen LogP contribution < -0.4 is 11.5 Å². The van der Waals surface area contributed by atoms with Crippen molar-refractivity contribution in [3.63, 3.8) is 0 Å². The number of aryl methyl sites for hydroxylation is 1. The summed E-state index contributed by atoms with van der Waals surface area (Å²) in [5.74, 6) is 1.51. The highest BCUT2D eigenvalue weighted by atomic mass is 32.2. The molecular weight excluding hydrogens is 208 g/mol. The highest BCUT2D eigenvalue weighted by Crippen LogP contribution is 2.17. The number of carbonyl (C=O) groups excluding carboxylic acids is 1. The van der Waals surface area contributed by atoms with E-state index < -0.39 is 0 Å². The molecule has 4 N–H and O–H groups in total. The van der Waals surface area contributed by atoms with Gasteiger partial charge < -0.3 is 11.5 Å². The summed E-state index contributed by atoms with van der Waals surface area (Å²) in [6.07, 6.45) is 0. The van der Waals surface area contributed by atoms with Gasteiger partial charge in [0.05, 0.1) is 0 Å². The Morgan fingerprint density at radius 3 is 2.73 bits per heavy atom. The van der Waals surface area contributed by atoms with Gasteiger partial charge in [0.1, 0.15) is 0 Å². The normalized spacial score (nSPS) is 10.3. The van der Waals surface area contributed by atoms with Crippen LogP contribution in [-0.4, -0.2) is 18.2 Å². The first kappa shape index (κ1) is 12.1. The van der Waals surface area contributed by atoms with E-state index in [1.807, 2.05) is 19.1 Å². The molecule has 0 fully saturated rings. The van der Waals surface area contributed by atoms with Crippen molar-refractivity contribution < 1.29 is 4.79 Å². The minimum atomic E-state index is -0.376. The number of hydrogen-bond acceptors (Lipinski definition) is 3. The summed E-state index contributed by atoms with van der Waals surface area (Å²) in [6, 6.07) is 5.56. The maximum atomic E-state index is 10.9. The van der Waals surface area contributed by atoms with Gasteiger partial charge in [-0.3, -0.25) is 4.79 Å². The van der Waals surface area contributed by atoms with E-state index in [9.17, 15) is 4.79 Å². The molecule has 0 aliphatic heterocycles. The predicted molar refractivity (Wildman–Crippen MR) is 64.9 cm³/mol. The molecule has 0 aromatic heterocycles. The second-order valence-electron chi connectivity index (χ2n) is 3.35. The molecule has 1 aromatic rings. The maximum absolute atomic E-state index is 10.9. The highest BCUT2D eigenvalue weighted by molar-refractivity contribution is 7.98. The number of thioether (sulfide) groups is 1. The van der Waals surface area contributed by atoms with Crippen LogP contribution in [0.3, 0.4) is 0 Å². The van der Waals surface area contributed by atoms with Crippen LogP contribution in [0.1, 0.15) is 21.5 Å². The molecule has 0 bridgehead atoms. The fraction of sp³-hybridized carbons (Fsp3) is 0.364. The van der Waals surface area contributed by atoms with Crippen LogP contribution in [0.5, 0.6) is 0 Å². The zero-order valence-electron chi connectivity index (χ0n) is 8.82. The van der Waals surface area contributed by atoms with Gasteiger partial charge in [0.2, 0.25) is 5.91 Å². The Morgan fingerprint density at radius 2 is 2.20 bits per heavy atom. The van der Waals surface area contributed by atoms with E-state index in [-0.39, 0.29) is 5.91 Å². The first-order valence-corrected chi connectivity index (χ1v) is 5.97. The van der Waals surface area contributed by atoms with Crippen molar-refractivity contribution in [2.24, 2.45) is 11.5 Å². The largest absolute Gasteiger partial charge is 0.366 e. The molecule has 0 heterocycles. The average molecular weight is 224 g/mol. The number of benzene rings is 1. The third kappa shape index (κ3) is 3.57. The molecule has 82 valence electrons. The maximum Gasteiger partial charge on any atom is 0.248 e. The third-order valence-corrected chi connectivity index (χ3v) is 3.19. The fourth-order valence-electron chi connectivity index (χ4n) is 1.28. The van der Waals surface area contributed by atoms with Crippen molar-refractivity contribution in [3.8, 4) is 0 Å². The van der Waals surface area contributed by atoms with Gasteiger partial charge in [-0.25, -0.2) is 0 Å². The van der Waals surface area contributed by atoms with Crippen molar-refractivity contribution >= 4 is 17.7 Å². The number of nitrogens with two attached hydrogens (primary N) is 2. The number of primary amides is 1. The van der Waals surface area contributed by atoms with Gasteiger partial charge in [0.15, 0.2) is 0 Å². The summed E-state index contributed by atoms with van der Waals surface area (Å²) in [4.78, 5) is 10.9. The van der Waals surface area contributed by atoms with E-state index in [2.05, 4.69) is 0 Å². The van der Waals surface area contributed by atoms with Gasteiger partial charge in [0.25, 0.3) is 0 Å². The Morgan fingerprint density at radius 1 is 1.47 bits per heavy atom. The summed E-state index contributed by atoms with van der Waals surface area (Å²) in [6.45, 7) is 2.69. The molecule has 0 saturated carbocycles. The molecular formula is C11H16N2OS. The van der Waals surface area contributed by atoms with Crippen LogP contribution in [-0.2, 0) is 5.75 Å². The lowest BCUT2D eigenvalue weighted by molar-refractivity contribution is 0.1000.